The summed E-state index contributed by atoms with van der Waals surface area (Å²) in [5.74, 6) is -2.95. The molecule has 1 aliphatic carbocycles. The van der Waals surface area contributed by atoms with E-state index in [1.54, 1.807) is 0 Å². The topological polar surface area (TPSA) is 163 Å². The molecule has 12 nitrogen and oxygen atoms in total. The average Bonchev–Trinajstić information content (AvgIpc) is 3.52. The van der Waals surface area contributed by atoms with Gasteiger partial charge in [0.1, 0.15) is 35.8 Å². The summed E-state index contributed by atoms with van der Waals surface area (Å²) in [6.07, 6.45) is -2.60. The number of rotatable bonds is 8. The lowest BCUT2D eigenvalue weighted by molar-refractivity contribution is -0.211. The van der Waals surface area contributed by atoms with Crippen LogP contribution in [0.25, 0.3) is 11.3 Å². The second-order valence-corrected chi connectivity index (χ2v) is 11.4. The van der Waals surface area contributed by atoms with Crippen LogP contribution in [0.1, 0.15) is 37.3 Å². The molecule has 7 atom stereocenters. The molecule has 1 aliphatic heterocycles. The van der Waals surface area contributed by atoms with Gasteiger partial charge in [0.05, 0.1) is 43.7 Å². The molecule has 15 heteroatoms. The maximum Gasteiger partial charge on any atom is 0.259 e. The number of amides is 1. The summed E-state index contributed by atoms with van der Waals surface area (Å²) in [6.45, 7) is -0.682. The van der Waals surface area contributed by atoms with Crippen molar-refractivity contribution in [3.8, 4) is 23.1 Å². The van der Waals surface area contributed by atoms with E-state index in [-0.39, 0.29) is 33.3 Å². The first-order valence-electron chi connectivity index (χ1n) is 14.3. The minimum Gasteiger partial charge on any atom is -0.496 e. The first-order chi connectivity index (χ1) is 21.6. The average molecular weight is 648 g/mol. The highest BCUT2D eigenvalue weighted by Crippen LogP contribution is 2.38. The number of methoxy groups -OCH3 is 2. The van der Waals surface area contributed by atoms with Crippen molar-refractivity contribution in [1.29, 1.82) is 5.26 Å². The predicted molar refractivity (Wildman–Crippen MR) is 155 cm³/mol. The second kappa shape index (κ2) is 13.7. The van der Waals surface area contributed by atoms with Crippen LogP contribution < -0.4 is 9.64 Å². The molecule has 0 unspecified atom stereocenters. The van der Waals surface area contributed by atoms with Crippen molar-refractivity contribution in [2.24, 2.45) is 0 Å². The summed E-state index contributed by atoms with van der Waals surface area (Å²) >= 11 is 6.31. The molecule has 0 spiro atoms. The summed E-state index contributed by atoms with van der Waals surface area (Å²) in [5.41, 5.74) is 0.594. The molecule has 2 aromatic carbocycles. The third-order valence-electron chi connectivity index (χ3n) is 8.27. The van der Waals surface area contributed by atoms with E-state index in [1.807, 2.05) is 6.07 Å². The standard InChI is InChI=1S/C30H32ClF2N5O7/c1-43-24-11-20(33)19(32)10-18(24)21-13-37(36-35-21)26-27(41)25(14-39)45-29(28(26)44-2)30(42)38(22-5-3-4-6-23(22)40)17-8-15(12-34)7-16(31)9-17/h7-11,13,22-23,25-29,39-41H,3-6,14H2,1-2H3/t22-,23-,25+,26-,27-,28+,29+/m0/s1. The molecule has 5 rings (SSSR count). The van der Waals surface area contributed by atoms with Crippen molar-refractivity contribution in [2.75, 3.05) is 25.7 Å². The van der Waals surface area contributed by atoms with E-state index in [0.29, 0.717) is 12.8 Å². The van der Waals surface area contributed by atoms with Gasteiger partial charge in [-0.05, 0) is 37.1 Å². The van der Waals surface area contributed by atoms with Crippen molar-refractivity contribution in [3.63, 3.8) is 0 Å². The highest BCUT2D eigenvalue weighted by Gasteiger charge is 2.52. The maximum atomic E-state index is 14.5. The van der Waals surface area contributed by atoms with Gasteiger partial charge in [-0.3, -0.25) is 4.79 Å². The molecule has 45 heavy (non-hydrogen) atoms. The Morgan fingerprint density at radius 2 is 1.91 bits per heavy atom. The van der Waals surface area contributed by atoms with Crippen LogP contribution in [0.5, 0.6) is 5.75 Å². The van der Waals surface area contributed by atoms with Gasteiger partial charge in [0.2, 0.25) is 0 Å². The van der Waals surface area contributed by atoms with E-state index in [1.165, 1.54) is 48.2 Å². The molecule has 3 aromatic rings. The van der Waals surface area contributed by atoms with Crippen molar-refractivity contribution >= 4 is 23.2 Å². The number of carbonyl (C=O) groups is 1. The molecule has 1 saturated heterocycles. The minimum atomic E-state index is -1.46. The summed E-state index contributed by atoms with van der Waals surface area (Å²) < 4.78 is 46.1. The van der Waals surface area contributed by atoms with E-state index in [4.69, 9.17) is 25.8 Å². The monoisotopic (exact) mass is 647 g/mol. The van der Waals surface area contributed by atoms with Crippen molar-refractivity contribution in [1.82, 2.24) is 15.0 Å². The van der Waals surface area contributed by atoms with Crippen molar-refractivity contribution < 1.29 is 43.1 Å². The SMILES string of the molecule is COc1cc(F)c(F)cc1-c1cn([C@H]2[C@@H](O)[C@@H](CO)O[C@@H](C(=O)N(c3cc(Cl)cc(C#N)c3)[C@H]3CCCC[C@@H]3O)[C@@H]2OC)nn1. The number of ether oxygens (including phenoxy) is 3. The van der Waals surface area contributed by atoms with Gasteiger partial charge in [-0.15, -0.1) is 5.10 Å². The van der Waals surface area contributed by atoms with Gasteiger partial charge >= 0.3 is 0 Å². The van der Waals surface area contributed by atoms with E-state index in [0.717, 1.165) is 25.0 Å². The van der Waals surface area contributed by atoms with Crippen molar-refractivity contribution in [3.05, 3.63) is 58.7 Å². The molecule has 0 bridgehead atoms. The van der Waals surface area contributed by atoms with Crippen molar-refractivity contribution in [2.45, 2.75) is 68.3 Å². The lowest BCUT2D eigenvalue weighted by Crippen LogP contribution is -2.63. The third-order valence-corrected chi connectivity index (χ3v) is 8.49. The van der Waals surface area contributed by atoms with E-state index < -0.39 is 66.8 Å². The molecule has 2 aliphatic rings. The zero-order valence-corrected chi connectivity index (χ0v) is 25.1. The predicted octanol–water partition coefficient (Wildman–Crippen LogP) is 2.77. The Balaban J connectivity index is 1.57. The number of nitriles is 1. The molecule has 1 aromatic heterocycles. The fraction of sp³-hybridized carbons (Fsp3) is 0.467. The van der Waals surface area contributed by atoms with Gasteiger partial charge < -0.3 is 34.4 Å². The maximum absolute atomic E-state index is 14.5. The number of nitrogens with zero attached hydrogens (tertiary/aromatic N) is 5. The van der Waals surface area contributed by atoms with Crippen LogP contribution in [-0.4, -0.2) is 93.6 Å². The van der Waals surface area contributed by atoms with E-state index in [2.05, 4.69) is 10.3 Å². The van der Waals surface area contributed by atoms with Gasteiger partial charge in [-0.1, -0.05) is 29.7 Å². The number of benzene rings is 2. The van der Waals surface area contributed by atoms with Gasteiger partial charge in [-0.2, -0.15) is 5.26 Å². The fourth-order valence-electron chi connectivity index (χ4n) is 6.09. The van der Waals surface area contributed by atoms with E-state index in [9.17, 15) is 34.2 Å². The number of hydrogen-bond acceptors (Lipinski definition) is 10. The summed E-state index contributed by atoms with van der Waals surface area (Å²) in [6, 6.07) is 6.33. The lowest BCUT2D eigenvalue weighted by atomic mass is 9.88. The highest BCUT2D eigenvalue weighted by atomic mass is 35.5. The van der Waals surface area contributed by atoms with Gasteiger partial charge in [0.25, 0.3) is 5.91 Å². The number of halogens is 3. The Labute approximate surface area is 262 Å². The van der Waals surface area contributed by atoms with Crippen LogP contribution in [0.4, 0.5) is 14.5 Å². The number of aliphatic hydroxyl groups is 3. The zero-order valence-electron chi connectivity index (χ0n) is 24.4. The number of hydrogen-bond donors (Lipinski definition) is 3. The molecule has 3 N–H and O–H groups in total. The summed E-state index contributed by atoms with van der Waals surface area (Å²) in [4.78, 5) is 15.9. The molecule has 240 valence electrons. The van der Waals surface area contributed by atoms with Gasteiger partial charge in [0, 0.05) is 29.4 Å². The molecule has 0 radical (unpaired) electrons. The Bertz CT molecular complexity index is 1590. The normalized spacial score (nSPS) is 26.7. The van der Waals surface area contributed by atoms with Gasteiger partial charge in [-0.25, -0.2) is 13.5 Å². The van der Waals surface area contributed by atoms with E-state index >= 15 is 0 Å². The number of aliphatic hydroxyl groups excluding tert-OH is 3. The lowest BCUT2D eigenvalue weighted by Gasteiger charge is -2.46. The second-order valence-electron chi connectivity index (χ2n) is 10.9. The smallest absolute Gasteiger partial charge is 0.259 e. The Morgan fingerprint density at radius 3 is 2.58 bits per heavy atom. The highest BCUT2D eigenvalue weighted by molar-refractivity contribution is 6.31. The first kappa shape index (κ1) is 32.7. The Kier molecular flexibility index (Phi) is 9.97. The number of anilines is 1. The third kappa shape index (κ3) is 6.37. The van der Waals surface area contributed by atoms with Crippen LogP contribution in [0.15, 0.2) is 36.5 Å². The molecular weight excluding hydrogens is 616 g/mol. The van der Waals surface area contributed by atoms with Crippen LogP contribution in [0, 0.1) is 23.0 Å². The minimum absolute atomic E-state index is 0.0157. The Morgan fingerprint density at radius 1 is 1.18 bits per heavy atom. The Hall–Kier alpha value is -3.71. The van der Waals surface area contributed by atoms with Crippen LogP contribution in [0.2, 0.25) is 5.02 Å². The largest absolute Gasteiger partial charge is 0.496 e. The zero-order chi connectivity index (χ0) is 32.4. The number of carbonyl (C=O) groups excluding carboxylic acids is 1. The molecule has 1 amide bonds. The quantitative estimate of drug-likeness (QED) is 0.331. The fourth-order valence-corrected chi connectivity index (χ4v) is 6.32. The number of aromatic nitrogens is 3. The molecule has 2 fully saturated rings. The first-order valence-corrected chi connectivity index (χ1v) is 14.6. The van der Waals surface area contributed by atoms with Crippen LogP contribution in [-0.2, 0) is 14.3 Å². The summed E-state index contributed by atoms with van der Waals surface area (Å²) in [5, 5.41) is 50.4. The molecule has 1 saturated carbocycles. The molecular formula is C30H32ClF2N5O7. The van der Waals surface area contributed by atoms with Crippen LogP contribution in [0.3, 0.4) is 0 Å². The molecule has 2 heterocycles. The van der Waals surface area contributed by atoms with Crippen LogP contribution >= 0.6 is 11.6 Å². The summed E-state index contributed by atoms with van der Waals surface area (Å²) in [7, 11) is 2.58. The van der Waals surface area contributed by atoms with Gasteiger partial charge in [0.15, 0.2) is 17.7 Å².